The summed E-state index contributed by atoms with van der Waals surface area (Å²) < 4.78 is 54.9. The molecule has 0 saturated carbocycles. The molecular formula is C44H62O23. The number of allylic oxidation sites excluding steroid dienone is 3. The number of rotatable bonds is 20. The van der Waals surface area contributed by atoms with E-state index in [4.69, 9.17) is 52.5 Å². The Balaban J connectivity index is 1.42. The van der Waals surface area contributed by atoms with Crippen molar-refractivity contribution >= 4 is 29.8 Å². The fourth-order valence-electron chi connectivity index (χ4n) is 7.65. The SMILES string of the molecule is C/C=C1/[C@H](O[C@@H]2O[C@H](CO)[C@@H](O)[C@H](O)[C@H]2O)OC=C(C(=O)OC)[C@H]1CC(=O)OC[C@H]1O[C@@H](O[C@@H]2OC=C(C(=O)OC)[C@@H](CC(=O)OCCC(C)CC/C=C(\C)C(=O)O)/C2=C\C)[C@H](O)[C@@H](O)[C@@H]1O. The van der Waals surface area contributed by atoms with E-state index >= 15 is 0 Å². The van der Waals surface area contributed by atoms with Crippen molar-refractivity contribution in [1.29, 1.82) is 0 Å². The number of aliphatic carboxylic acids is 1. The summed E-state index contributed by atoms with van der Waals surface area (Å²) >= 11 is 0. The number of aliphatic hydroxyl groups is 7. The number of carboxylic acid groups (broad SMARTS) is 1. The summed E-state index contributed by atoms with van der Waals surface area (Å²) in [6.45, 7) is 5.08. The maximum absolute atomic E-state index is 13.5. The normalized spacial score (nSPS) is 33.9. The third kappa shape index (κ3) is 13.9. The van der Waals surface area contributed by atoms with E-state index in [1.807, 2.05) is 6.92 Å². The Morgan fingerprint density at radius 2 is 1.15 bits per heavy atom. The van der Waals surface area contributed by atoms with Gasteiger partial charge in [-0.05, 0) is 46.0 Å². The molecule has 2 saturated heterocycles. The Hall–Kier alpha value is -4.79. The summed E-state index contributed by atoms with van der Waals surface area (Å²) in [5, 5.41) is 82.2. The quantitative estimate of drug-likeness (QED) is 0.0323. The minimum absolute atomic E-state index is 0.0384. The predicted molar refractivity (Wildman–Crippen MR) is 223 cm³/mol. The van der Waals surface area contributed by atoms with E-state index in [1.54, 1.807) is 13.0 Å². The van der Waals surface area contributed by atoms with Crippen LogP contribution in [0.1, 0.15) is 59.8 Å². The zero-order valence-corrected chi connectivity index (χ0v) is 37.9. The van der Waals surface area contributed by atoms with Gasteiger partial charge in [0.1, 0.15) is 55.4 Å². The van der Waals surface area contributed by atoms with Crippen LogP contribution in [0, 0.1) is 17.8 Å². The summed E-state index contributed by atoms with van der Waals surface area (Å²) in [7, 11) is 2.22. The largest absolute Gasteiger partial charge is 0.478 e. The first kappa shape index (κ1) is 54.8. The van der Waals surface area contributed by atoms with Crippen molar-refractivity contribution in [2.75, 3.05) is 34.0 Å². The molecule has 2 fully saturated rings. The minimum atomic E-state index is -1.93. The van der Waals surface area contributed by atoms with E-state index in [2.05, 4.69) is 0 Å². The standard InChI is InChI=1S/C44H62O23/c1-7-22-24(14-30(46)60-13-12-20(3)10-9-11-21(4)38(54)55)26(39(56)58-5)17-63-42(22)67-44-37(53)35(51)33(49)29(65-44)19-61-31(47)15-25-23(8-2)41(62-18-27(25)40(57)59-6)66-43-36(52)34(50)32(48)28(16-45)64-43/h7-8,11,17-18,20,24-25,28-29,32-37,41-45,48-53H,9-10,12-16,19H2,1-6H3,(H,54,55)/b21-11+,22-7+,23-8+/t20?,24-,25-,28+,29+,32+,33+,34-,35-,36+,37+,41-,42-,43-,44-/m0/s1. The first-order valence-corrected chi connectivity index (χ1v) is 21.5. The smallest absolute Gasteiger partial charge is 0.337 e. The number of hydrogen-bond donors (Lipinski definition) is 8. The average molecular weight is 959 g/mol. The Morgan fingerprint density at radius 3 is 1.60 bits per heavy atom. The number of hydrogen-bond acceptors (Lipinski definition) is 22. The Morgan fingerprint density at radius 1 is 0.687 bits per heavy atom. The van der Waals surface area contributed by atoms with Gasteiger partial charge in [-0.2, -0.15) is 0 Å². The van der Waals surface area contributed by atoms with Crippen molar-refractivity contribution in [3.8, 4) is 0 Å². The van der Waals surface area contributed by atoms with Crippen LogP contribution >= 0.6 is 0 Å². The maximum Gasteiger partial charge on any atom is 0.337 e. The van der Waals surface area contributed by atoms with Gasteiger partial charge < -0.3 is 88.2 Å². The molecule has 4 heterocycles. The molecule has 67 heavy (non-hydrogen) atoms. The van der Waals surface area contributed by atoms with Gasteiger partial charge in [-0.15, -0.1) is 0 Å². The number of carboxylic acids is 1. The molecule has 4 aliphatic heterocycles. The molecule has 0 aromatic heterocycles. The molecule has 23 nitrogen and oxygen atoms in total. The first-order chi connectivity index (χ1) is 31.8. The van der Waals surface area contributed by atoms with Crippen LogP contribution in [0.25, 0.3) is 0 Å². The molecule has 4 rings (SSSR count). The van der Waals surface area contributed by atoms with Gasteiger partial charge >= 0.3 is 29.8 Å². The highest BCUT2D eigenvalue weighted by Gasteiger charge is 2.49. The zero-order chi connectivity index (χ0) is 49.7. The van der Waals surface area contributed by atoms with Crippen LogP contribution in [0.4, 0.5) is 0 Å². The average Bonchev–Trinajstić information content (AvgIpc) is 3.30. The summed E-state index contributed by atoms with van der Waals surface area (Å²) in [6, 6.07) is 0. The second kappa shape index (κ2) is 25.5. The summed E-state index contributed by atoms with van der Waals surface area (Å²) in [5.74, 6) is -6.48. The molecule has 8 N–H and O–H groups in total. The van der Waals surface area contributed by atoms with E-state index in [1.165, 1.54) is 26.0 Å². The van der Waals surface area contributed by atoms with E-state index in [0.717, 1.165) is 26.7 Å². The maximum atomic E-state index is 13.5. The van der Waals surface area contributed by atoms with Crippen LogP contribution < -0.4 is 0 Å². The predicted octanol–water partition coefficient (Wildman–Crippen LogP) is -0.718. The molecule has 15 atom stereocenters. The van der Waals surface area contributed by atoms with Crippen molar-refractivity contribution in [2.24, 2.45) is 17.8 Å². The molecule has 376 valence electrons. The lowest BCUT2D eigenvalue weighted by Gasteiger charge is -2.42. The minimum Gasteiger partial charge on any atom is -0.478 e. The molecule has 0 radical (unpaired) electrons. The molecule has 1 unspecified atom stereocenters. The Bertz CT molecular complexity index is 1890. The molecule has 0 amide bonds. The molecule has 0 aromatic carbocycles. The number of esters is 4. The lowest BCUT2D eigenvalue weighted by atomic mass is 9.86. The highest BCUT2D eigenvalue weighted by atomic mass is 16.8. The van der Waals surface area contributed by atoms with Crippen LogP contribution in [0.5, 0.6) is 0 Å². The van der Waals surface area contributed by atoms with Crippen molar-refractivity contribution < 1.29 is 112 Å². The van der Waals surface area contributed by atoms with Crippen LogP contribution in [0.15, 0.2) is 58.6 Å². The lowest BCUT2D eigenvalue weighted by Crippen LogP contribution is -2.60. The topological polar surface area (TPSA) is 339 Å². The van der Waals surface area contributed by atoms with Crippen molar-refractivity contribution in [2.45, 2.75) is 134 Å². The number of carbonyl (C=O) groups excluding carboxylic acids is 4. The van der Waals surface area contributed by atoms with Crippen LogP contribution in [-0.2, 0) is 71.3 Å². The van der Waals surface area contributed by atoms with Gasteiger partial charge in [0.25, 0.3) is 0 Å². The molecule has 0 spiro atoms. The third-order valence-electron chi connectivity index (χ3n) is 11.7. The molecule has 23 heteroatoms. The van der Waals surface area contributed by atoms with Crippen LogP contribution in [0.2, 0.25) is 0 Å². The van der Waals surface area contributed by atoms with Gasteiger partial charge in [0, 0.05) is 28.6 Å². The monoisotopic (exact) mass is 958 g/mol. The van der Waals surface area contributed by atoms with Gasteiger partial charge in [-0.3, -0.25) is 9.59 Å². The van der Waals surface area contributed by atoms with Gasteiger partial charge in [0.05, 0.1) is 63.9 Å². The molecule has 4 aliphatic rings. The van der Waals surface area contributed by atoms with E-state index in [-0.39, 0.29) is 46.8 Å². The number of ether oxygens (including phenoxy) is 10. The van der Waals surface area contributed by atoms with Crippen molar-refractivity contribution in [3.05, 3.63) is 58.6 Å². The fraction of sp³-hybridized carbons (Fsp3) is 0.659. The first-order valence-electron chi connectivity index (χ1n) is 21.5. The van der Waals surface area contributed by atoms with Crippen LogP contribution in [0.3, 0.4) is 0 Å². The van der Waals surface area contributed by atoms with Crippen molar-refractivity contribution in [3.63, 3.8) is 0 Å². The number of methoxy groups -OCH3 is 2. The Labute approximate surface area is 385 Å². The van der Waals surface area contributed by atoms with Gasteiger partial charge in [-0.25, -0.2) is 14.4 Å². The van der Waals surface area contributed by atoms with E-state index in [0.29, 0.717) is 19.3 Å². The van der Waals surface area contributed by atoms with E-state index in [9.17, 15) is 59.7 Å². The summed E-state index contributed by atoms with van der Waals surface area (Å²) in [6.07, 6.45) is -12.9. The molecule has 0 aromatic rings. The van der Waals surface area contributed by atoms with E-state index < -0.39 is 135 Å². The van der Waals surface area contributed by atoms with Gasteiger partial charge in [0.15, 0.2) is 12.6 Å². The zero-order valence-electron chi connectivity index (χ0n) is 37.9. The second-order valence-electron chi connectivity index (χ2n) is 16.2. The van der Waals surface area contributed by atoms with Crippen molar-refractivity contribution in [1.82, 2.24) is 0 Å². The highest BCUT2D eigenvalue weighted by Crippen LogP contribution is 2.38. The number of aliphatic hydroxyl groups excluding tert-OH is 7. The van der Waals surface area contributed by atoms with Gasteiger partial charge in [-0.1, -0.05) is 25.2 Å². The fourth-order valence-corrected chi connectivity index (χ4v) is 7.65. The highest BCUT2D eigenvalue weighted by molar-refractivity contribution is 5.91. The second-order valence-corrected chi connectivity index (χ2v) is 16.2. The summed E-state index contributed by atoms with van der Waals surface area (Å²) in [5.41, 5.74) is 0.345. The number of carbonyl (C=O) groups is 5. The third-order valence-corrected chi connectivity index (χ3v) is 11.7. The van der Waals surface area contributed by atoms with Crippen LogP contribution in [-0.4, -0.2) is 179 Å². The molecule has 0 bridgehead atoms. The van der Waals surface area contributed by atoms with Gasteiger partial charge in [0.2, 0.25) is 12.6 Å². The summed E-state index contributed by atoms with van der Waals surface area (Å²) in [4.78, 5) is 63.3. The molecule has 0 aliphatic carbocycles. The Kier molecular flexibility index (Phi) is 20.9. The lowest BCUT2D eigenvalue weighted by molar-refractivity contribution is -0.328. The molecular weight excluding hydrogens is 896 g/mol.